The van der Waals surface area contributed by atoms with Crippen LogP contribution in [-0.4, -0.2) is 42.5 Å². The fourth-order valence-corrected chi connectivity index (χ4v) is 3.56. The maximum Gasteiger partial charge on any atom is 0.224 e. The number of aromatic nitrogens is 1. The van der Waals surface area contributed by atoms with Gasteiger partial charge in [-0.3, -0.25) is 4.79 Å². The predicted octanol–water partition coefficient (Wildman–Crippen LogP) is 3.91. The summed E-state index contributed by atoms with van der Waals surface area (Å²) in [6.07, 6.45) is 3.82. The van der Waals surface area contributed by atoms with E-state index in [0.29, 0.717) is 25.3 Å². The van der Waals surface area contributed by atoms with Gasteiger partial charge in [-0.1, -0.05) is 19.1 Å². The molecule has 32 heavy (non-hydrogen) atoms. The molecule has 1 saturated heterocycles. The van der Waals surface area contributed by atoms with Gasteiger partial charge in [0.15, 0.2) is 17.6 Å². The summed E-state index contributed by atoms with van der Waals surface area (Å²) in [5.41, 5.74) is 1.79. The Balaban J connectivity index is 0.00000363. The number of nitrogens with zero attached hydrogens (tertiary/aromatic N) is 3. The van der Waals surface area contributed by atoms with E-state index in [-0.39, 0.29) is 41.7 Å². The molecule has 1 unspecified atom stereocenters. The number of hydrogen-bond donors (Lipinski definition) is 3. The molecule has 174 valence electrons. The molecule has 1 aromatic carbocycles. The molecule has 1 aromatic heterocycles. The number of rotatable bonds is 8. The van der Waals surface area contributed by atoms with E-state index in [1.54, 1.807) is 12.3 Å². The third kappa shape index (κ3) is 7.61. The molecule has 3 rings (SSSR count). The lowest BCUT2D eigenvalue weighted by molar-refractivity contribution is -0.116. The van der Waals surface area contributed by atoms with Gasteiger partial charge in [-0.2, -0.15) is 0 Å². The van der Waals surface area contributed by atoms with Gasteiger partial charge in [0.1, 0.15) is 0 Å². The topological polar surface area (TPSA) is 81.6 Å². The first kappa shape index (κ1) is 25.8. The minimum atomic E-state index is -0.297. The number of nitrogens with one attached hydrogen (secondary N) is 3. The Morgan fingerprint density at radius 1 is 1.28 bits per heavy atom. The Hall–Kier alpha value is -2.43. The molecule has 1 amide bonds. The van der Waals surface area contributed by atoms with Crippen LogP contribution < -0.4 is 20.9 Å². The number of anilines is 2. The second kappa shape index (κ2) is 13.2. The summed E-state index contributed by atoms with van der Waals surface area (Å²) in [5, 5.41) is 9.64. The lowest BCUT2D eigenvalue weighted by atomic mass is 10.2. The first-order valence-electron chi connectivity index (χ1n) is 10.9. The van der Waals surface area contributed by atoms with Crippen molar-refractivity contribution >= 4 is 47.3 Å². The molecule has 0 aliphatic carbocycles. The minimum absolute atomic E-state index is 0. The normalized spacial score (nSPS) is 15.8. The van der Waals surface area contributed by atoms with Gasteiger partial charge in [0.2, 0.25) is 5.91 Å². The Kier molecular flexibility index (Phi) is 10.6. The number of amides is 1. The van der Waals surface area contributed by atoms with Crippen LogP contribution in [0.1, 0.15) is 38.7 Å². The molecule has 0 radical (unpaired) electrons. The van der Waals surface area contributed by atoms with Crippen LogP contribution in [0.3, 0.4) is 0 Å². The summed E-state index contributed by atoms with van der Waals surface area (Å²) in [4.78, 5) is 22.7. The number of aliphatic imine (C=N–C) groups is 1. The first-order valence-corrected chi connectivity index (χ1v) is 10.9. The van der Waals surface area contributed by atoms with E-state index in [1.807, 2.05) is 43.0 Å². The fraction of sp³-hybridized carbons (Fsp3) is 0.435. The van der Waals surface area contributed by atoms with Crippen LogP contribution in [0.4, 0.5) is 15.9 Å². The van der Waals surface area contributed by atoms with E-state index in [2.05, 4.69) is 20.9 Å². The highest BCUT2D eigenvalue weighted by Gasteiger charge is 2.25. The van der Waals surface area contributed by atoms with Gasteiger partial charge in [-0.15, -0.1) is 24.0 Å². The highest BCUT2D eigenvalue weighted by Crippen LogP contribution is 2.20. The van der Waals surface area contributed by atoms with Gasteiger partial charge in [0.25, 0.3) is 0 Å². The highest BCUT2D eigenvalue weighted by molar-refractivity contribution is 14.0. The standard InChI is InChI=1S/C23H31FN6O.HI/c1-3-7-21(31)28-18-9-5-8-17(14-18)15-27-23(25-4-2)29-19-11-13-30(16-19)22-20(24)10-6-12-26-22;/h5-6,8-10,12,14,19H,3-4,7,11,13,15-16H2,1-2H3,(H,28,31)(H2,25,27,29);1H. The van der Waals surface area contributed by atoms with Crippen LogP contribution in [-0.2, 0) is 11.3 Å². The maximum atomic E-state index is 14.0. The van der Waals surface area contributed by atoms with Crippen LogP contribution >= 0.6 is 24.0 Å². The van der Waals surface area contributed by atoms with Crippen molar-refractivity contribution in [3.63, 3.8) is 0 Å². The Labute approximate surface area is 206 Å². The zero-order chi connectivity index (χ0) is 22.1. The molecule has 0 saturated carbocycles. The monoisotopic (exact) mass is 554 g/mol. The molecule has 1 aliphatic heterocycles. The van der Waals surface area contributed by atoms with E-state index in [4.69, 9.17) is 4.99 Å². The lowest BCUT2D eigenvalue weighted by Crippen LogP contribution is -2.44. The van der Waals surface area contributed by atoms with Gasteiger partial charge >= 0.3 is 0 Å². The molecule has 1 fully saturated rings. The van der Waals surface area contributed by atoms with E-state index in [9.17, 15) is 9.18 Å². The minimum Gasteiger partial charge on any atom is -0.357 e. The molecule has 1 aliphatic rings. The number of hydrogen-bond acceptors (Lipinski definition) is 4. The van der Waals surface area contributed by atoms with Gasteiger partial charge in [-0.05, 0) is 49.6 Å². The molecule has 0 spiro atoms. The Morgan fingerprint density at radius 2 is 2.12 bits per heavy atom. The summed E-state index contributed by atoms with van der Waals surface area (Å²) >= 11 is 0. The molecular weight excluding hydrogens is 522 g/mol. The van der Waals surface area contributed by atoms with Crippen LogP contribution in [0.15, 0.2) is 47.6 Å². The average molecular weight is 554 g/mol. The number of halogens is 2. The number of benzene rings is 1. The van der Waals surface area contributed by atoms with E-state index < -0.39 is 0 Å². The second-order valence-corrected chi connectivity index (χ2v) is 7.58. The Bertz CT molecular complexity index is 910. The van der Waals surface area contributed by atoms with Gasteiger partial charge < -0.3 is 20.9 Å². The van der Waals surface area contributed by atoms with Crippen LogP contribution in [0.5, 0.6) is 0 Å². The molecule has 3 N–H and O–H groups in total. The van der Waals surface area contributed by atoms with E-state index in [0.717, 1.165) is 43.1 Å². The van der Waals surface area contributed by atoms with Crippen molar-refractivity contribution in [3.8, 4) is 0 Å². The number of carbonyl (C=O) groups is 1. The van der Waals surface area contributed by atoms with Gasteiger partial charge in [0.05, 0.1) is 6.54 Å². The summed E-state index contributed by atoms with van der Waals surface area (Å²) in [6, 6.07) is 10.9. The first-order chi connectivity index (χ1) is 15.1. The molecule has 2 heterocycles. The third-order valence-electron chi connectivity index (χ3n) is 5.02. The number of pyridine rings is 1. The molecule has 9 heteroatoms. The number of guanidine groups is 1. The molecule has 7 nitrogen and oxygen atoms in total. The van der Waals surface area contributed by atoms with Crippen molar-refractivity contribution < 1.29 is 9.18 Å². The average Bonchev–Trinajstić information content (AvgIpc) is 3.21. The van der Waals surface area contributed by atoms with Crippen molar-refractivity contribution in [1.82, 2.24) is 15.6 Å². The second-order valence-electron chi connectivity index (χ2n) is 7.58. The smallest absolute Gasteiger partial charge is 0.224 e. The lowest BCUT2D eigenvalue weighted by Gasteiger charge is -2.20. The summed E-state index contributed by atoms with van der Waals surface area (Å²) in [6.45, 7) is 6.63. The fourth-order valence-electron chi connectivity index (χ4n) is 3.56. The third-order valence-corrected chi connectivity index (χ3v) is 5.02. The summed E-state index contributed by atoms with van der Waals surface area (Å²) in [5.74, 6) is 0.842. The van der Waals surface area contributed by atoms with Crippen molar-refractivity contribution in [1.29, 1.82) is 0 Å². The van der Waals surface area contributed by atoms with Crippen molar-refractivity contribution in [3.05, 3.63) is 54.0 Å². The SMILES string of the molecule is CCCC(=O)Nc1cccc(CN=C(NCC)NC2CCN(c3ncccc3F)C2)c1.I. The largest absolute Gasteiger partial charge is 0.357 e. The van der Waals surface area contributed by atoms with Crippen molar-refractivity contribution in [2.45, 2.75) is 45.7 Å². The van der Waals surface area contributed by atoms with Crippen LogP contribution in [0, 0.1) is 5.82 Å². The van der Waals surface area contributed by atoms with Crippen molar-refractivity contribution in [2.75, 3.05) is 29.9 Å². The molecular formula is C23H32FIN6O. The predicted molar refractivity (Wildman–Crippen MR) is 138 cm³/mol. The van der Waals surface area contributed by atoms with Gasteiger partial charge in [0, 0.05) is 44.0 Å². The van der Waals surface area contributed by atoms with E-state index >= 15 is 0 Å². The quantitative estimate of drug-likeness (QED) is 0.262. The Morgan fingerprint density at radius 3 is 2.88 bits per heavy atom. The maximum absolute atomic E-state index is 14.0. The van der Waals surface area contributed by atoms with E-state index in [1.165, 1.54) is 6.07 Å². The highest BCUT2D eigenvalue weighted by atomic mass is 127. The molecule has 2 aromatic rings. The van der Waals surface area contributed by atoms with Crippen LogP contribution in [0.2, 0.25) is 0 Å². The molecule has 0 bridgehead atoms. The number of carbonyl (C=O) groups excluding carboxylic acids is 1. The zero-order valence-electron chi connectivity index (χ0n) is 18.6. The zero-order valence-corrected chi connectivity index (χ0v) is 20.9. The molecule has 1 atom stereocenters. The van der Waals surface area contributed by atoms with Crippen LogP contribution in [0.25, 0.3) is 0 Å². The van der Waals surface area contributed by atoms with Crippen molar-refractivity contribution in [2.24, 2.45) is 4.99 Å². The summed E-state index contributed by atoms with van der Waals surface area (Å²) < 4.78 is 14.0. The van der Waals surface area contributed by atoms with Gasteiger partial charge in [-0.25, -0.2) is 14.4 Å². The summed E-state index contributed by atoms with van der Waals surface area (Å²) in [7, 11) is 0.